The normalized spacial score (nSPS) is 9.67. The Bertz CT molecular complexity index is 432. The van der Waals surface area contributed by atoms with Crippen molar-refractivity contribution in [1.82, 2.24) is 9.97 Å². The van der Waals surface area contributed by atoms with Crippen molar-refractivity contribution in [1.29, 1.82) is 0 Å². The number of anilines is 2. The molecule has 0 atom stereocenters. The highest BCUT2D eigenvalue weighted by molar-refractivity contribution is 5.51. The maximum Gasteiger partial charge on any atom is 0.166 e. The van der Waals surface area contributed by atoms with Gasteiger partial charge in [0.05, 0.1) is 17.6 Å². The number of hydrogen-bond acceptors (Lipinski definition) is 4. The first kappa shape index (κ1) is 9.39. The molecular formula is C10H9FN4. The minimum Gasteiger partial charge on any atom is -0.301 e. The molecule has 76 valence electrons. The van der Waals surface area contributed by atoms with Gasteiger partial charge in [-0.15, -0.1) is 0 Å². The van der Waals surface area contributed by atoms with Crippen LogP contribution in [0.4, 0.5) is 15.8 Å². The SMILES string of the molecule is Fc1cnccc1NNc1ccncc1. The average molecular weight is 204 g/mol. The second kappa shape index (κ2) is 4.36. The van der Waals surface area contributed by atoms with Gasteiger partial charge in [0.25, 0.3) is 0 Å². The van der Waals surface area contributed by atoms with Crippen molar-refractivity contribution in [3.8, 4) is 0 Å². The lowest BCUT2D eigenvalue weighted by molar-refractivity contribution is 0.625. The third-order valence-corrected chi connectivity index (χ3v) is 1.79. The highest BCUT2D eigenvalue weighted by Crippen LogP contribution is 2.11. The van der Waals surface area contributed by atoms with Crippen LogP contribution in [-0.4, -0.2) is 9.97 Å². The third kappa shape index (κ3) is 2.40. The minimum absolute atomic E-state index is 0.349. The Hall–Kier alpha value is -2.17. The number of aromatic nitrogens is 2. The fraction of sp³-hybridized carbons (Fsp3) is 0. The van der Waals surface area contributed by atoms with Gasteiger partial charge in [0.2, 0.25) is 0 Å². The molecule has 0 radical (unpaired) electrons. The summed E-state index contributed by atoms with van der Waals surface area (Å²) in [6.07, 6.45) is 5.95. The Balaban J connectivity index is 2.03. The molecule has 0 aliphatic heterocycles. The highest BCUT2D eigenvalue weighted by Gasteiger charge is 1.98. The smallest absolute Gasteiger partial charge is 0.166 e. The van der Waals surface area contributed by atoms with Gasteiger partial charge < -0.3 is 5.43 Å². The fourth-order valence-corrected chi connectivity index (χ4v) is 1.05. The number of nitrogens with zero attached hydrogens (tertiary/aromatic N) is 2. The van der Waals surface area contributed by atoms with Crippen molar-refractivity contribution in [2.45, 2.75) is 0 Å². The van der Waals surface area contributed by atoms with E-state index in [1.807, 2.05) is 0 Å². The molecular weight excluding hydrogens is 195 g/mol. The van der Waals surface area contributed by atoms with E-state index in [1.165, 1.54) is 6.20 Å². The van der Waals surface area contributed by atoms with Crippen LogP contribution in [0.25, 0.3) is 0 Å². The van der Waals surface area contributed by atoms with Gasteiger partial charge in [-0.05, 0) is 18.2 Å². The Labute approximate surface area is 86.2 Å². The number of rotatable bonds is 3. The van der Waals surface area contributed by atoms with Crippen LogP contribution in [0.2, 0.25) is 0 Å². The van der Waals surface area contributed by atoms with E-state index < -0.39 is 5.82 Å². The summed E-state index contributed by atoms with van der Waals surface area (Å²) in [5.74, 6) is -0.404. The molecule has 2 heterocycles. The van der Waals surface area contributed by atoms with Crippen LogP contribution in [0.5, 0.6) is 0 Å². The molecule has 0 bridgehead atoms. The minimum atomic E-state index is -0.404. The van der Waals surface area contributed by atoms with E-state index in [4.69, 9.17) is 0 Å². The summed E-state index contributed by atoms with van der Waals surface area (Å²) in [5.41, 5.74) is 6.74. The van der Waals surface area contributed by atoms with Gasteiger partial charge in [0, 0.05) is 18.6 Å². The number of pyridine rings is 2. The molecule has 2 N–H and O–H groups in total. The first-order valence-corrected chi connectivity index (χ1v) is 4.38. The second-order valence-corrected chi connectivity index (χ2v) is 2.84. The molecule has 0 saturated carbocycles. The summed E-state index contributed by atoms with van der Waals surface area (Å²) < 4.78 is 13.1. The molecule has 0 amide bonds. The largest absolute Gasteiger partial charge is 0.301 e. The first-order valence-electron chi connectivity index (χ1n) is 4.38. The van der Waals surface area contributed by atoms with E-state index in [2.05, 4.69) is 20.8 Å². The van der Waals surface area contributed by atoms with E-state index in [0.29, 0.717) is 5.69 Å². The summed E-state index contributed by atoms with van der Waals surface area (Å²) in [6.45, 7) is 0. The standard InChI is InChI=1S/C10H9FN4/c11-9-7-13-6-3-10(9)15-14-8-1-4-12-5-2-8/h1-7H,(H,12,14)(H,13,15). The topological polar surface area (TPSA) is 49.8 Å². The lowest BCUT2D eigenvalue weighted by Gasteiger charge is -2.09. The summed E-state index contributed by atoms with van der Waals surface area (Å²) in [7, 11) is 0. The zero-order chi connectivity index (χ0) is 10.5. The van der Waals surface area contributed by atoms with Gasteiger partial charge in [0.15, 0.2) is 5.82 Å². The summed E-state index contributed by atoms with van der Waals surface area (Å²) in [6, 6.07) is 5.09. The van der Waals surface area contributed by atoms with Gasteiger partial charge in [-0.25, -0.2) is 4.39 Å². The van der Waals surface area contributed by atoms with E-state index in [9.17, 15) is 4.39 Å². The maximum atomic E-state index is 13.1. The fourth-order valence-electron chi connectivity index (χ4n) is 1.05. The number of halogens is 1. The molecule has 0 aliphatic carbocycles. The van der Waals surface area contributed by atoms with Crippen LogP contribution < -0.4 is 10.9 Å². The monoisotopic (exact) mass is 204 g/mol. The van der Waals surface area contributed by atoms with Crippen molar-refractivity contribution in [3.63, 3.8) is 0 Å². The zero-order valence-corrected chi connectivity index (χ0v) is 7.81. The summed E-state index contributed by atoms with van der Waals surface area (Å²) in [5, 5.41) is 0. The van der Waals surface area contributed by atoms with Gasteiger partial charge in [-0.3, -0.25) is 15.4 Å². The van der Waals surface area contributed by atoms with Crippen molar-refractivity contribution in [3.05, 3.63) is 48.8 Å². The quantitative estimate of drug-likeness (QED) is 0.751. The Morgan fingerprint density at radius 3 is 2.40 bits per heavy atom. The molecule has 0 fully saturated rings. The highest BCUT2D eigenvalue weighted by atomic mass is 19.1. The van der Waals surface area contributed by atoms with E-state index >= 15 is 0 Å². The lowest BCUT2D eigenvalue weighted by Crippen LogP contribution is -2.09. The van der Waals surface area contributed by atoms with Crippen molar-refractivity contribution in [2.75, 3.05) is 10.9 Å². The lowest BCUT2D eigenvalue weighted by atomic mass is 10.4. The molecule has 0 unspecified atom stereocenters. The molecule has 2 aromatic heterocycles. The molecule has 2 aromatic rings. The average Bonchev–Trinajstić information content (AvgIpc) is 2.29. The van der Waals surface area contributed by atoms with Gasteiger partial charge in [-0.1, -0.05) is 0 Å². The Morgan fingerprint density at radius 1 is 0.933 bits per heavy atom. The number of hydrazine groups is 1. The van der Waals surface area contributed by atoms with Gasteiger partial charge in [0.1, 0.15) is 0 Å². The van der Waals surface area contributed by atoms with Crippen LogP contribution in [-0.2, 0) is 0 Å². The summed E-state index contributed by atoms with van der Waals surface area (Å²) >= 11 is 0. The van der Waals surface area contributed by atoms with Crippen LogP contribution in [0, 0.1) is 5.82 Å². The number of hydrogen-bond donors (Lipinski definition) is 2. The molecule has 0 saturated heterocycles. The van der Waals surface area contributed by atoms with E-state index in [0.717, 1.165) is 11.9 Å². The molecule has 15 heavy (non-hydrogen) atoms. The van der Waals surface area contributed by atoms with Crippen molar-refractivity contribution >= 4 is 11.4 Å². The summed E-state index contributed by atoms with van der Waals surface area (Å²) in [4.78, 5) is 7.51. The van der Waals surface area contributed by atoms with Crippen molar-refractivity contribution < 1.29 is 4.39 Å². The third-order valence-electron chi connectivity index (χ3n) is 1.79. The van der Waals surface area contributed by atoms with Gasteiger partial charge in [-0.2, -0.15) is 0 Å². The van der Waals surface area contributed by atoms with Crippen LogP contribution in [0.3, 0.4) is 0 Å². The molecule has 2 rings (SSSR count). The predicted octanol–water partition coefficient (Wildman–Crippen LogP) is 2.05. The zero-order valence-electron chi connectivity index (χ0n) is 7.81. The molecule has 5 heteroatoms. The molecule has 4 nitrogen and oxygen atoms in total. The first-order chi connectivity index (χ1) is 7.36. The predicted molar refractivity (Wildman–Crippen MR) is 55.7 cm³/mol. The second-order valence-electron chi connectivity index (χ2n) is 2.84. The molecule has 0 aliphatic rings. The van der Waals surface area contributed by atoms with E-state index in [-0.39, 0.29) is 0 Å². The van der Waals surface area contributed by atoms with Crippen molar-refractivity contribution in [2.24, 2.45) is 0 Å². The maximum absolute atomic E-state index is 13.1. The molecule has 0 spiro atoms. The number of nitrogens with one attached hydrogen (secondary N) is 2. The Morgan fingerprint density at radius 2 is 1.67 bits per heavy atom. The van der Waals surface area contributed by atoms with Crippen LogP contribution in [0.1, 0.15) is 0 Å². The molecule has 0 aromatic carbocycles. The Kier molecular flexibility index (Phi) is 2.73. The van der Waals surface area contributed by atoms with Gasteiger partial charge >= 0.3 is 0 Å². The van der Waals surface area contributed by atoms with E-state index in [1.54, 1.807) is 30.6 Å². The van der Waals surface area contributed by atoms with Crippen LogP contribution in [0.15, 0.2) is 43.0 Å². The van der Waals surface area contributed by atoms with Crippen LogP contribution >= 0.6 is 0 Å².